The van der Waals surface area contributed by atoms with Crippen molar-refractivity contribution in [2.45, 2.75) is 31.2 Å². The molecule has 0 saturated heterocycles. The number of thioether (sulfide) groups is 1. The van der Waals surface area contributed by atoms with Crippen LogP contribution in [0.3, 0.4) is 0 Å². The quantitative estimate of drug-likeness (QED) is 0.648. The van der Waals surface area contributed by atoms with Crippen LogP contribution in [0.2, 0.25) is 5.02 Å². The Bertz CT molecular complexity index is 924. The van der Waals surface area contributed by atoms with Crippen LogP contribution in [0.4, 0.5) is 5.69 Å². The van der Waals surface area contributed by atoms with Gasteiger partial charge in [-0.15, -0.1) is 10.2 Å². The SMILES string of the molecule is Cc1ccccc1-n1c(C)nnc1SC(C)C(=O)Nc1ccc(Cl)cc1. The standard InChI is InChI=1S/C19H19ClN4OS/c1-12-6-4-5-7-17(12)24-14(3)22-23-19(24)26-13(2)18(25)21-16-10-8-15(20)9-11-16/h4-11,13H,1-3H3,(H,21,25). The number of carbonyl (C=O) groups excluding carboxylic acids is 1. The molecule has 3 aromatic rings. The first kappa shape index (κ1) is 18.5. The summed E-state index contributed by atoms with van der Waals surface area (Å²) in [4.78, 5) is 12.5. The van der Waals surface area contributed by atoms with Crippen molar-refractivity contribution in [3.63, 3.8) is 0 Å². The molecule has 26 heavy (non-hydrogen) atoms. The molecule has 0 aliphatic rings. The normalized spacial score (nSPS) is 12.0. The van der Waals surface area contributed by atoms with Crippen molar-refractivity contribution in [3.8, 4) is 5.69 Å². The molecule has 0 saturated carbocycles. The summed E-state index contributed by atoms with van der Waals surface area (Å²) >= 11 is 7.25. The zero-order valence-electron chi connectivity index (χ0n) is 14.7. The van der Waals surface area contributed by atoms with E-state index in [1.165, 1.54) is 11.8 Å². The number of aryl methyl sites for hydroxylation is 2. The fourth-order valence-corrected chi connectivity index (χ4v) is 3.53. The lowest BCUT2D eigenvalue weighted by Crippen LogP contribution is -2.22. The van der Waals surface area contributed by atoms with Gasteiger partial charge >= 0.3 is 0 Å². The minimum Gasteiger partial charge on any atom is -0.325 e. The number of amides is 1. The Balaban J connectivity index is 1.78. The van der Waals surface area contributed by atoms with E-state index < -0.39 is 0 Å². The summed E-state index contributed by atoms with van der Waals surface area (Å²) in [7, 11) is 0. The van der Waals surface area contributed by atoms with Crippen LogP contribution in [0.25, 0.3) is 5.69 Å². The summed E-state index contributed by atoms with van der Waals surface area (Å²) in [5.41, 5.74) is 2.85. The van der Waals surface area contributed by atoms with Gasteiger partial charge in [-0.1, -0.05) is 41.6 Å². The van der Waals surface area contributed by atoms with Gasteiger partial charge in [-0.25, -0.2) is 0 Å². The van der Waals surface area contributed by atoms with E-state index in [2.05, 4.69) is 15.5 Å². The molecule has 2 aromatic carbocycles. The van der Waals surface area contributed by atoms with Crippen molar-refractivity contribution in [1.82, 2.24) is 14.8 Å². The van der Waals surface area contributed by atoms with E-state index in [0.717, 1.165) is 17.1 Å². The molecule has 0 spiro atoms. The van der Waals surface area contributed by atoms with Crippen molar-refractivity contribution < 1.29 is 4.79 Å². The molecule has 1 amide bonds. The third kappa shape index (κ3) is 4.08. The molecule has 1 aromatic heterocycles. The second-order valence-electron chi connectivity index (χ2n) is 5.91. The summed E-state index contributed by atoms with van der Waals surface area (Å²) in [5.74, 6) is 0.682. The first-order valence-corrected chi connectivity index (χ1v) is 9.42. The van der Waals surface area contributed by atoms with Crippen LogP contribution >= 0.6 is 23.4 Å². The Morgan fingerprint density at radius 1 is 1.12 bits per heavy atom. The van der Waals surface area contributed by atoms with Crippen LogP contribution < -0.4 is 5.32 Å². The van der Waals surface area contributed by atoms with Gasteiger partial charge in [-0.05, 0) is 56.7 Å². The second-order valence-corrected chi connectivity index (χ2v) is 7.65. The maximum atomic E-state index is 12.5. The fraction of sp³-hybridized carbons (Fsp3) is 0.211. The number of nitrogens with zero attached hydrogens (tertiary/aromatic N) is 3. The van der Waals surface area contributed by atoms with Crippen molar-refractivity contribution in [3.05, 3.63) is 64.9 Å². The largest absolute Gasteiger partial charge is 0.325 e. The van der Waals surface area contributed by atoms with E-state index in [-0.39, 0.29) is 11.2 Å². The maximum absolute atomic E-state index is 12.5. The zero-order valence-corrected chi connectivity index (χ0v) is 16.3. The molecule has 0 aliphatic heterocycles. The Morgan fingerprint density at radius 3 is 2.50 bits per heavy atom. The highest BCUT2D eigenvalue weighted by atomic mass is 35.5. The fourth-order valence-electron chi connectivity index (χ4n) is 2.50. The number of carbonyl (C=O) groups is 1. The molecular weight excluding hydrogens is 368 g/mol. The van der Waals surface area contributed by atoms with Gasteiger partial charge in [-0.2, -0.15) is 0 Å². The van der Waals surface area contributed by atoms with Gasteiger partial charge in [-0.3, -0.25) is 9.36 Å². The van der Waals surface area contributed by atoms with Crippen LogP contribution in [0, 0.1) is 13.8 Å². The Morgan fingerprint density at radius 2 is 1.81 bits per heavy atom. The number of hydrogen-bond donors (Lipinski definition) is 1. The molecular formula is C19H19ClN4OS. The number of hydrogen-bond acceptors (Lipinski definition) is 4. The van der Waals surface area contributed by atoms with Gasteiger partial charge in [0, 0.05) is 10.7 Å². The lowest BCUT2D eigenvalue weighted by molar-refractivity contribution is -0.115. The first-order valence-electron chi connectivity index (χ1n) is 8.17. The van der Waals surface area contributed by atoms with E-state index in [0.29, 0.717) is 15.9 Å². The highest BCUT2D eigenvalue weighted by Crippen LogP contribution is 2.27. The van der Waals surface area contributed by atoms with Gasteiger partial charge in [0.15, 0.2) is 5.16 Å². The lowest BCUT2D eigenvalue weighted by Gasteiger charge is -2.14. The molecule has 0 fully saturated rings. The highest BCUT2D eigenvalue weighted by Gasteiger charge is 2.20. The number of rotatable bonds is 5. The summed E-state index contributed by atoms with van der Waals surface area (Å²) in [6, 6.07) is 15.1. The van der Waals surface area contributed by atoms with Crippen LogP contribution in [-0.2, 0) is 4.79 Å². The number of para-hydroxylation sites is 1. The van der Waals surface area contributed by atoms with Gasteiger partial charge in [0.1, 0.15) is 5.82 Å². The van der Waals surface area contributed by atoms with E-state index in [9.17, 15) is 4.79 Å². The minimum atomic E-state index is -0.336. The average molecular weight is 387 g/mol. The van der Waals surface area contributed by atoms with Crippen LogP contribution in [0.5, 0.6) is 0 Å². The van der Waals surface area contributed by atoms with Crippen molar-refractivity contribution in [2.75, 3.05) is 5.32 Å². The van der Waals surface area contributed by atoms with Crippen molar-refractivity contribution in [2.24, 2.45) is 0 Å². The number of nitrogens with one attached hydrogen (secondary N) is 1. The smallest absolute Gasteiger partial charge is 0.237 e. The van der Waals surface area contributed by atoms with E-state index in [1.807, 2.05) is 49.6 Å². The lowest BCUT2D eigenvalue weighted by atomic mass is 10.2. The number of benzene rings is 2. The Kier molecular flexibility index (Phi) is 5.64. The summed E-state index contributed by atoms with van der Waals surface area (Å²) in [6.07, 6.45) is 0. The van der Waals surface area contributed by atoms with Crippen LogP contribution in [-0.4, -0.2) is 25.9 Å². The van der Waals surface area contributed by atoms with Gasteiger partial charge in [0.2, 0.25) is 5.91 Å². The summed E-state index contributed by atoms with van der Waals surface area (Å²) < 4.78 is 1.98. The number of halogens is 1. The predicted octanol–water partition coefficient (Wildman–Crippen LogP) is 4.66. The second kappa shape index (κ2) is 7.93. The molecule has 1 heterocycles. The first-order chi connectivity index (χ1) is 12.5. The summed E-state index contributed by atoms with van der Waals surface area (Å²) in [5, 5.41) is 12.3. The highest BCUT2D eigenvalue weighted by molar-refractivity contribution is 8.00. The Hall–Kier alpha value is -2.31. The van der Waals surface area contributed by atoms with Gasteiger partial charge in [0.05, 0.1) is 10.9 Å². The average Bonchev–Trinajstić information content (AvgIpc) is 2.97. The predicted molar refractivity (Wildman–Crippen MR) is 106 cm³/mol. The monoisotopic (exact) mass is 386 g/mol. The molecule has 5 nitrogen and oxygen atoms in total. The van der Waals surface area contributed by atoms with E-state index >= 15 is 0 Å². The molecule has 134 valence electrons. The van der Waals surface area contributed by atoms with Crippen molar-refractivity contribution in [1.29, 1.82) is 0 Å². The topological polar surface area (TPSA) is 59.8 Å². The number of anilines is 1. The third-order valence-electron chi connectivity index (χ3n) is 3.91. The van der Waals surface area contributed by atoms with Gasteiger partial charge in [0.25, 0.3) is 0 Å². The molecule has 0 radical (unpaired) electrons. The number of aromatic nitrogens is 3. The van der Waals surface area contributed by atoms with E-state index in [4.69, 9.17) is 11.6 Å². The van der Waals surface area contributed by atoms with Crippen LogP contribution in [0.1, 0.15) is 18.3 Å². The molecule has 1 N–H and O–H groups in total. The molecule has 7 heteroatoms. The molecule has 0 bridgehead atoms. The molecule has 3 rings (SSSR count). The van der Waals surface area contributed by atoms with Crippen molar-refractivity contribution >= 4 is 35.0 Å². The van der Waals surface area contributed by atoms with Gasteiger partial charge < -0.3 is 5.32 Å². The molecule has 0 aliphatic carbocycles. The third-order valence-corrected chi connectivity index (χ3v) is 5.21. The molecule has 1 atom stereocenters. The maximum Gasteiger partial charge on any atom is 0.237 e. The zero-order chi connectivity index (χ0) is 18.7. The minimum absolute atomic E-state index is 0.102. The van der Waals surface area contributed by atoms with Crippen LogP contribution in [0.15, 0.2) is 53.7 Å². The molecule has 1 unspecified atom stereocenters. The Labute approximate surface area is 161 Å². The van der Waals surface area contributed by atoms with E-state index in [1.54, 1.807) is 24.3 Å². The summed E-state index contributed by atoms with van der Waals surface area (Å²) in [6.45, 7) is 5.80.